The summed E-state index contributed by atoms with van der Waals surface area (Å²) in [5.74, 6) is -1.95. The molecule has 0 amide bonds. The van der Waals surface area contributed by atoms with E-state index in [1.54, 1.807) is 0 Å². The molecule has 0 aromatic heterocycles. The summed E-state index contributed by atoms with van der Waals surface area (Å²) in [6, 6.07) is 9.25. The molecular weight excluding hydrogens is 280 g/mol. The van der Waals surface area contributed by atoms with E-state index in [0.29, 0.717) is 6.42 Å². The van der Waals surface area contributed by atoms with Crippen LogP contribution in [0.1, 0.15) is 51.5 Å². The maximum absolute atomic E-state index is 12.0. The van der Waals surface area contributed by atoms with Crippen LogP contribution >= 0.6 is 0 Å². The van der Waals surface area contributed by atoms with Crippen molar-refractivity contribution in [3.05, 3.63) is 35.9 Å². The molecule has 0 aliphatic carbocycles. The number of hydrogen-bond acceptors (Lipinski definition) is 4. The molecule has 0 heterocycles. The van der Waals surface area contributed by atoms with Crippen LogP contribution in [0.15, 0.2) is 30.3 Å². The van der Waals surface area contributed by atoms with Crippen molar-refractivity contribution in [1.82, 2.24) is 0 Å². The van der Waals surface area contributed by atoms with Crippen LogP contribution < -0.4 is 0 Å². The fraction of sp³-hybridized carbons (Fsp3) is 0.500. The summed E-state index contributed by atoms with van der Waals surface area (Å²) >= 11 is 0. The zero-order valence-corrected chi connectivity index (χ0v) is 13.3. The Morgan fingerprint density at radius 1 is 1.09 bits per heavy atom. The molecule has 0 bridgehead atoms. The SMILES string of the molecule is CCCCCC(=O)CC(C(C)=O)C(=O)OCc1ccccc1. The van der Waals surface area contributed by atoms with Crippen molar-refractivity contribution in [2.75, 3.05) is 0 Å². The lowest BCUT2D eigenvalue weighted by molar-refractivity contribution is -0.154. The zero-order valence-electron chi connectivity index (χ0n) is 13.3. The van der Waals surface area contributed by atoms with Gasteiger partial charge in [0.1, 0.15) is 24.1 Å². The number of Topliss-reactive ketones (excluding diaryl/α,β-unsaturated/α-hetero) is 2. The number of esters is 1. The highest BCUT2D eigenvalue weighted by Gasteiger charge is 2.27. The molecule has 1 aromatic carbocycles. The van der Waals surface area contributed by atoms with Crippen molar-refractivity contribution >= 4 is 17.5 Å². The van der Waals surface area contributed by atoms with Gasteiger partial charge >= 0.3 is 5.97 Å². The summed E-state index contributed by atoms with van der Waals surface area (Å²) in [5, 5.41) is 0. The summed E-state index contributed by atoms with van der Waals surface area (Å²) in [6.45, 7) is 3.51. The number of unbranched alkanes of at least 4 members (excludes halogenated alkanes) is 2. The number of carbonyl (C=O) groups is 3. The van der Waals surface area contributed by atoms with Crippen molar-refractivity contribution in [1.29, 1.82) is 0 Å². The summed E-state index contributed by atoms with van der Waals surface area (Å²) in [7, 11) is 0. The second kappa shape index (κ2) is 9.87. The number of benzene rings is 1. The van der Waals surface area contributed by atoms with Crippen molar-refractivity contribution in [2.24, 2.45) is 5.92 Å². The number of ketones is 2. The lowest BCUT2D eigenvalue weighted by Gasteiger charge is -2.13. The van der Waals surface area contributed by atoms with Crippen LogP contribution in [0.4, 0.5) is 0 Å². The molecule has 1 atom stereocenters. The van der Waals surface area contributed by atoms with Gasteiger partial charge in [0.15, 0.2) is 0 Å². The van der Waals surface area contributed by atoms with Gasteiger partial charge in [-0.3, -0.25) is 14.4 Å². The van der Waals surface area contributed by atoms with E-state index in [4.69, 9.17) is 4.74 Å². The molecule has 0 saturated heterocycles. The highest BCUT2D eigenvalue weighted by molar-refractivity contribution is 6.01. The highest BCUT2D eigenvalue weighted by atomic mass is 16.5. The van der Waals surface area contributed by atoms with Gasteiger partial charge in [0, 0.05) is 12.8 Å². The average Bonchev–Trinajstić information content (AvgIpc) is 2.51. The van der Waals surface area contributed by atoms with E-state index >= 15 is 0 Å². The van der Waals surface area contributed by atoms with E-state index < -0.39 is 11.9 Å². The third-order valence-corrected chi connectivity index (χ3v) is 3.49. The molecule has 0 fully saturated rings. The van der Waals surface area contributed by atoms with Crippen molar-refractivity contribution in [3.8, 4) is 0 Å². The van der Waals surface area contributed by atoms with Crippen molar-refractivity contribution < 1.29 is 19.1 Å². The Hall–Kier alpha value is -1.97. The van der Waals surface area contributed by atoms with Gasteiger partial charge in [0.05, 0.1) is 0 Å². The van der Waals surface area contributed by atoms with Gasteiger partial charge in [-0.15, -0.1) is 0 Å². The Bertz CT molecular complexity index is 493. The number of carbonyl (C=O) groups excluding carboxylic acids is 3. The van der Waals surface area contributed by atoms with Crippen LogP contribution in [-0.2, 0) is 25.7 Å². The Morgan fingerprint density at radius 2 is 1.77 bits per heavy atom. The molecule has 0 aliphatic heterocycles. The molecule has 4 heteroatoms. The molecule has 120 valence electrons. The summed E-state index contributed by atoms with van der Waals surface area (Å²) < 4.78 is 5.17. The topological polar surface area (TPSA) is 60.4 Å². The van der Waals surface area contributed by atoms with Crippen molar-refractivity contribution in [3.63, 3.8) is 0 Å². The highest BCUT2D eigenvalue weighted by Crippen LogP contribution is 2.13. The minimum Gasteiger partial charge on any atom is -0.460 e. The first-order valence-electron chi connectivity index (χ1n) is 7.77. The average molecular weight is 304 g/mol. The lowest BCUT2D eigenvalue weighted by atomic mass is 9.96. The molecular formula is C18H24O4. The maximum Gasteiger partial charge on any atom is 0.317 e. The summed E-state index contributed by atoms with van der Waals surface area (Å²) in [6.07, 6.45) is 3.19. The third-order valence-electron chi connectivity index (χ3n) is 3.49. The smallest absolute Gasteiger partial charge is 0.317 e. The van der Waals surface area contributed by atoms with Gasteiger partial charge in [-0.1, -0.05) is 50.1 Å². The van der Waals surface area contributed by atoms with Crippen LogP contribution in [0.2, 0.25) is 0 Å². The van der Waals surface area contributed by atoms with E-state index in [9.17, 15) is 14.4 Å². The fourth-order valence-electron chi connectivity index (χ4n) is 2.12. The van der Waals surface area contributed by atoms with Crippen LogP contribution in [0.3, 0.4) is 0 Å². The summed E-state index contributed by atoms with van der Waals surface area (Å²) in [5.41, 5.74) is 0.854. The zero-order chi connectivity index (χ0) is 16.4. The first-order valence-corrected chi connectivity index (χ1v) is 7.77. The van der Waals surface area contributed by atoms with E-state index in [1.165, 1.54) is 6.92 Å². The van der Waals surface area contributed by atoms with Crippen LogP contribution in [0.5, 0.6) is 0 Å². The monoisotopic (exact) mass is 304 g/mol. The molecule has 1 unspecified atom stereocenters. The molecule has 4 nitrogen and oxygen atoms in total. The number of rotatable bonds is 10. The Labute approximate surface area is 131 Å². The Balaban J connectivity index is 2.49. The van der Waals surface area contributed by atoms with Gasteiger partial charge < -0.3 is 4.74 Å². The van der Waals surface area contributed by atoms with Gasteiger partial charge in [0.25, 0.3) is 0 Å². The second-order valence-corrected chi connectivity index (χ2v) is 5.46. The lowest BCUT2D eigenvalue weighted by Crippen LogP contribution is -2.27. The predicted octanol–water partition coefficient (Wildman–Crippen LogP) is 3.47. The number of hydrogen-bond donors (Lipinski definition) is 0. The summed E-state index contributed by atoms with van der Waals surface area (Å²) in [4.78, 5) is 35.5. The van der Waals surface area contributed by atoms with E-state index in [1.807, 2.05) is 30.3 Å². The van der Waals surface area contributed by atoms with Crippen LogP contribution in [-0.4, -0.2) is 17.5 Å². The Morgan fingerprint density at radius 3 is 2.36 bits per heavy atom. The van der Waals surface area contributed by atoms with E-state index in [2.05, 4.69) is 6.92 Å². The molecule has 0 spiro atoms. The largest absolute Gasteiger partial charge is 0.460 e. The quantitative estimate of drug-likeness (QED) is 0.377. The minimum absolute atomic E-state index is 0.0489. The van der Waals surface area contributed by atoms with Crippen LogP contribution in [0, 0.1) is 5.92 Å². The molecule has 1 aromatic rings. The third kappa shape index (κ3) is 6.66. The first kappa shape index (κ1) is 18.1. The van der Waals surface area contributed by atoms with E-state index in [0.717, 1.165) is 24.8 Å². The predicted molar refractivity (Wildman–Crippen MR) is 84.2 cm³/mol. The second-order valence-electron chi connectivity index (χ2n) is 5.46. The molecule has 0 N–H and O–H groups in total. The Kier molecular flexibility index (Phi) is 8.11. The number of ether oxygens (including phenoxy) is 1. The van der Waals surface area contributed by atoms with Crippen molar-refractivity contribution in [2.45, 2.75) is 52.6 Å². The maximum atomic E-state index is 12.0. The van der Waals surface area contributed by atoms with Gasteiger partial charge in [0.2, 0.25) is 0 Å². The molecule has 22 heavy (non-hydrogen) atoms. The first-order chi connectivity index (χ1) is 10.5. The molecule has 0 radical (unpaired) electrons. The van der Waals surface area contributed by atoms with E-state index in [-0.39, 0.29) is 24.6 Å². The standard InChI is InChI=1S/C18H24O4/c1-3-4-6-11-16(20)12-17(14(2)19)18(21)22-13-15-9-7-5-8-10-15/h5,7-10,17H,3-4,6,11-13H2,1-2H3. The molecule has 1 rings (SSSR count). The normalized spacial score (nSPS) is 11.7. The van der Waals surface area contributed by atoms with Gasteiger partial charge in [-0.2, -0.15) is 0 Å². The van der Waals surface area contributed by atoms with Gasteiger partial charge in [-0.25, -0.2) is 0 Å². The minimum atomic E-state index is -0.974. The molecule has 0 aliphatic rings. The van der Waals surface area contributed by atoms with Crippen LogP contribution in [0.25, 0.3) is 0 Å². The fourth-order valence-corrected chi connectivity index (χ4v) is 2.12. The van der Waals surface area contributed by atoms with Gasteiger partial charge in [-0.05, 0) is 18.9 Å². The molecule has 0 saturated carbocycles.